The fourth-order valence-electron chi connectivity index (χ4n) is 2.18. The Morgan fingerprint density at radius 3 is 2.61 bits per heavy atom. The van der Waals surface area contributed by atoms with Crippen LogP contribution in [0.5, 0.6) is 0 Å². The van der Waals surface area contributed by atoms with Crippen LogP contribution in [0.3, 0.4) is 0 Å². The number of methoxy groups -OCH3 is 1. The molecule has 0 saturated carbocycles. The van der Waals surface area contributed by atoms with Crippen molar-refractivity contribution in [2.75, 3.05) is 27.3 Å². The molecule has 1 aromatic heterocycles. The zero-order valence-corrected chi connectivity index (χ0v) is 11.6. The summed E-state index contributed by atoms with van der Waals surface area (Å²) in [7, 11) is 3.49. The fraction of sp³-hybridized carbons (Fsp3) is 0.692. The van der Waals surface area contributed by atoms with Crippen molar-refractivity contribution in [2.45, 2.75) is 32.0 Å². The van der Waals surface area contributed by atoms with E-state index in [9.17, 15) is 5.11 Å². The Bertz CT molecular complexity index is 352. The van der Waals surface area contributed by atoms with Crippen LogP contribution in [-0.2, 0) is 4.74 Å². The van der Waals surface area contributed by atoms with Crippen molar-refractivity contribution < 1.29 is 14.3 Å². The molecule has 1 rings (SSSR count). The molecule has 3 N–H and O–H groups in total. The highest BCUT2D eigenvalue weighted by Crippen LogP contribution is 2.24. The molecule has 0 radical (unpaired) electrons. The average molecular weight is 256 g/mol. The maximum absolute atomic E-state index is 9.76. The zero-order valence-electron chi connectivity index (χ0n) is 11.6. The van der Waals surface area contributed by atoms with E-state index in [-0.39, 0.29) is 12.1 Å². The third kappa shape index (κ3) is 4.10. The molecule has 0 amide bonds. The van der Waals surface area contributed by atoms with Gasteiger partial charge in [-0.1, -0.05) is 0 Å². The predicted molar refractivity (Wildman–Crippen MR) is 70.3 cm³/mol. The monoisotopic (exact) mass is 256 g/mol. The van der Waals surface area contributed by atoms with E-state index < -0.39 is 6.10 Å². The molecule has 1 aromatic rings. The highest BCUT2D eigenvalue weighted by atomic mass is 16.5. The Morgan fingerprint density at radius 2 is 2.17 bits per heavy atom. The number of aliphatic hydroxyl groups excluding tert-OH is 1. The Morgan fingerprint density at radius 1 is 1.50 bits per heavy atom. The van der Waals surface area contributed by atoms with Crippen LogP contribution < -0.4 is 5.73 Å². The highest BCUT2D eigenvalue weighted by molar-refractivity contribution is 5.11. The topological polar surface area (TPSA) is 71.9 Å². The first-order valence-electron chi connectivity index (χ1n) is 6.14. The van der Waals surface area contributed by atoms with Gasteiger partial charge in [-0.15, -0.1) is 0 Å². The number of nitrogens with two attached hydrogens (primary N) is 1. The third-order valence-electron chi connectivity index (χ3n) is 2.88. The molecule has 3 unspecified atom stereocenters. The van der Waals surface area contributed by atoms with Gasteiger partial charge in [0.1, 0.15) is 11.5 Å². The minimum atomic E-state index is -0.530. The first kappa shape index (κ1) is 15.2. The third-order valence-corrected chi connectivity index (χ3v) is 2.88. The molecular weight excluding hydrogens is 232 g/mol. The van der Waals surface area contributed by atoms with E-state index in [1.807, 2.05) is 37.9 Å². The van der Waals surface area contributed by atoms with Crippen LogP contribution >= 0.6 is 0 Å². The first-order chi connectivity index (χ1) is 8.45. The molecule has 0 fully saturated rings. The molecule has 0 saturated heterocycles. The predicted octanol–water partition coefficient (Wildman–Crippen LogP) is 0.915. The second-order valence-corrected chi connectivity index (χ2v) is 4.80. The van der Waals surface area contributed by atoms with Crippen molar-refractivity contribution in [3.8, 4) is 0 Å². The van der Waals surface area contributed by atoms with Crippen molar-refractivity contribution in [1.82, 2.24) is 4.90 Å². The van der Waals surface area contributed by atoms with Crippen LogP contribution in [0.25, 0.3) is 0 Å². The number of hydrogen-bond acceptors (Lipinski definition) is 5. The van der Waals surface area contributed by atoms with Crippen molar-refractivity contribution in [3.63, 3.8) is 0 Å². The normalized spacial score (nSPS) is 16.8. The molecule has 18 heavy (non-hydrogen) atoms. The first-order valence-corrected chi connectivity index (χ1v) is 6.14. The standard InChI is InChI=1S/C13H24N2O3/c1-9-5-6-12(18-9)13(10(2)14)15(3)7-11(16)8-17-4/h5-6,10-11,13,16H,7-8,14H2,1-4H3. The molecule has 0 aliphatic rings. The maximum Gasteiger partial charge on any atom is 0.122 e. The molecule has 0 aromatic carbocycles. The van der Waals surface area contributed by atoms with Crippen LogP contribution in [0.15, 0.2) is 16.5 Å². The summed E-state index contributed by atoms with van der Waals surface area (Å²) in [5.41, 5.74) is 6.01. The molecule has 0 aliphatic carbocycles. The maximum atomic E-state index is 9.76. The van der Waals surface area contributed by atoms with Gasteiger partial charge in [-0.25, -0.2) is 0 Å². The van der Waals surface area contributed by atoms with Gasteiger partial charge < -0.3 is 20.0 Å². The van der Waals surface area contributed by atoms with E-state index in [0.717, 1.165) is 11.5 Å². The minimum absolute atomic E-state index is 0.0507. The summed E-state index contributed by atoms with van der Waals surface area (Å²) in [5, 5.41) is 9.76. The summed E-state index contributed by atoms with van der Waals surface area (Å²) < 4.78 is 10.6. The van der Waals surface area contributed by atoms with E-state index in [2.05, 4.69) is 0 Å². The van der Waals surface area contributed by atoms with Crippen LogP contribution in [-0.4, -0.2) is 49.5 Å². The van der Waals surface area contributed by atoms with Crippen molar-refractivity contribution in [2.24, 2.45) is 5.73 Å². The summed E-state index contributed by atoms with van der Waals surface area (Å²) >= 11 is 0. The molecule has 104 valence electrons. The SMILES string of the molecule is COCC(O)CN(C)C(c1ccc(C)o1)C(C)N. The van der Waals surface area contributed by atoms with Gasteiger partial charge in [-0.05, 0) is 33.0 Å². The van der Waals surface area contributed by atoms with Crippen LogP contribution in [0.2, 0.25) is 0 Å². The van der Waals surface area contributed by atoms with E-state index in [0.29, 0.717) is 13.2 Å². The summed E-state index contributed by atoms with van der Waals surface area (Å²) in [6.07, 6.45) is -0.530. The Kier molecular flexibility index (Phi) is 5.81. The second-order valence-electron chi connectivity index (χ2n) is 4.80. The van der Waals surface area contributed by atoms with Crippen LogP contribution in [0.1, 0.15) is 24.5 Å². The number of rotatable bonds is 7. The summed E-state index contributed by atoms with van der Waals surface area (Å²) in [4.78, 5) is 1.99. The number of aryl methyl sites for hydroxylation is 1. The van der Waals surface area contributed by atoms with Gasteiger partial charge in [0.25, 0.3) is 0 Å². The Labute approximate surface area is 109 Å². The molecule has 0 aliphatic heterocycles. The smallest absolute Gasteiger partial charge is 0.122 e. The van der Waals surface area contributed by atoms with Gasteiger partial charge in [-0.2, -0.15) is 0 Å². The van der Waals surface area contributed by atoms with E-state index in [1.165, 1.54) is 0 Å². The largest absolute Gasteiger partial charge is 0.465 e. The lowest BCUT2D eigenvalue weighted by Gasteiger charge is -2.30. The summed E-state index contributed by atoms with van der Waals surface area (Å²) in [6, 6.07) is 3.72. The van der Waals surface area contributed by atoms with Gasteiger partial charge in [0.2, 0.25) is 0 Å². The number of aliphatic hydroxyl groups is 1. The van der Waals surface area contributed by atoms with Crippen molar-refractivity contribution in [1.29, 1.82) is 0 Å². The molecule has 0 spiro atoms. The molecule has 3 atom stereocenters. The number of ether oxygens (including phenoxy) is 1. The number of likely N-dealkylation sites (N-methyl/N-ethyl adjacent to an activating group) is 1. The lowest BCUT2D eigenvalue weighted by atomic mass is 10.1. The minimum Gasteiger partial charge on any atom is -0.465 e. The molecule has 5 nitrogen and oxygen atoms in total. The van der Waals surface area contributed by atoms with Gasteiger partial charge in [0.05, 0.1) is 18.8 Å². The van der Waals surface area contributed by atoms with E-state index in [4.69, 9.17) is 14.9 Å². The Hall–Kier alpha value is -0.880. The number of furan rings is 1. The quantitative estimate of drug-likeness (QED) is 0.759. The average Bonchev–Trinajstić information content (AvgIpc) is 2.64. The van der Waals surface area contributed by atoms with Crippen molar-refractivity contribution >= 4 is 0 Å². The molecular formula is C13H24N2O3. The molecule has 0 bridgehead atoms. The Balaban J connectivity index is 2.73. The molecule has 5 heteroatoms. The zero-order chi connectivity index (χ0) is 13.7. The highest BCUT2D eigenvalue weighted by Gasteiger charge is 2.25. The number of nitrogens with zero attached hydrogens (tertiary/aromatic N) is 1. The van der Waals surface area contributed by atoms with Crippen LogP contribution in [0.4, 0.5) is 0 Å². The van der Waals surface area contributed by atoms with Crippen LogP contribution in [0, 0.1) is 6.92 Å². The second kappa shape index (κ2) is 6.89. The molecule has 1 heterocycles. The summed E-state index contributed by atoms with van der Waals surface area (Å²) in [6.45, 7) is 4.64. The van der Waals surface area contributed by atoms with Gasteiger partial charge in [-0.3, -0.25) is 4.90 Å². The number of hydrogen-bond donors (Lipinski definition) is 2. The van der Waals surface area contributed by atoms with Crippen molar-refractivity contribution in [3.05, 3.63) is 23.7 Å². The van der Waals surface area contributed by atoms with E-state index in [1.54, 1.807) is 7.11 Å². The summed E-state index contributed by atoms with van der Waals surface area (Å²) in [5.74, 6) is 1.69. The lowest BCUT2D eigenvalue weighted by molar-refractivity contribution is 0.0290. The van der Waals surface area contributed by atoms with Gasteiger partial charge in [0, 0.05) is 19.7 Å². The van der Waals surface area contributed by atoms with Gasteiger partial charge in [0.15, 0.2) is 0 Å². The van der Waals surface area contributed by atoms with Gasteiger partial charge >= 0.3 is 0 Å². The lowest BCUT2D eigenvalue weighted by Crippen LogP contribution is -2.41. The fourth-order valence-corrected chi connectivity index (χ4v) is 2.18. The van der Waals surface area contributed by atoms with E-state index >= 15 is 0 Å².